The standard InChI is InChI=1S/C21H17N5O4/c27-18(23-21-25-24-19(30-21)16-5-2-1-3-6-16)14-29-20(28)17-9-7-15(8-10-17)13-26-12-4-11-22-26/h1-12H,13-14H2,(H,23,25,27). The first-order chi connectivity index (χ1) is 14.7. The summed E-state index contributed by atoms with van der Waals surface area (Å²) in [5, 5.41) is 14.2. The molecule has 2 heterocycles. The summed E-state index contributed by atoms with van der Waals surface area (Å²) in [6, 6.07) is 17.8. The molecule has 1 N–H and O–H groups in total. The summed E-state index contributed by atoms with van der Waals surface area (Å²) >= 11 is 0. The van der Waals surface area contributed by atoms with Gasteiger partial charge in [-0.05, 0) is 35.9 Å². The molecule has 1 amide bonds. The van der Waals surface area contributed by atoms with Crippen LogP contribution < -0.4 is 5.32 Å². The third-order valence-corrected chi connectivity index (χ3v) is 4.12. The van der Waals surface area contributed by atoms with Crippen molar-refractivity contribution >= 4 is 17.9 Å². The fourth-order valence-electron chi connectivity index (χ4n) is 2.67. The molecule has 9 heteroatoms. The minimum Gasteiger partial charge on any atom is -0.452 e. The smallest absolute Gasteiger partial charge is 0.338 e. The second kappa shape index (κ2) is 8.82. The van der Waals surface area contributed by atoms with E-state index in [0.717, 1.165) is 11.1 Å². The van der Waals surface area contributed by atoms with E-state index in [1.165, 1.54) is 0 Å². The molecule has 0 atom stereocenters. The Morgan fingerprint density at radius 3 is 2.53 bits per heavy atom. The number of anilines is 1. The molecule has 0 aliphatic heterocycles. The van der Waals surface area contributed by atoms with Gasteiger partial charge in [0.25, 0.3) is 5.91 Å². The Hall–Kier alpha value is -4.27. The van der Waals surface area contributed by atoms with Gasteiger partial charge in [-0.25, -0.2) is 4.79 Å². The van der Waals surface area contributed by atoms with Gasteiger partial charge in [0.15, 0.2) is 6.61 Å². The van der Waals surface area contributed by atoms with Gasteiger partial charge in [0.05, 0.1) is 12.1 Å². The monoisotopic (exact) mass is 403 g/mol. The lowest BCUT2D eigenvalue weighted by molar-refractivity contribution is -0.119. The van der Waals surface area contributed by atoms with E-state index in [9.17, 15) is 9.59 Å². The molecule has 0 bridgehead atoms. The van der Waals surface area contributed by atoms with Crippen molar-refractivity contribution in [1.82, 2.24) is 20.0 Å². The zero-order valence-corrected chi connectivity index (χ0v) is 15.8. The molecule has 0 unspecified atom stereocenters. The van der Waals surface area contributed by atoms with Gasteiger partial charge in [-0.3, -0.25) is 14.8 Å². The molecule has 30 heavy (non-hydrogen) atoms. The molecule has 150 valence electrons. The second-order valence-electron chi connectivity index (χ2n) is 6.30. The van der Waals surface area contributed by atoms with Gasteiger partial charge in [-0.2, -0.15) is 5.10 Å². The van der Waals surface area contributed by atoms with Crippen LogP contribution in [0, 0.1) is 0 Å². The van der Waals surface area contributed by atoms with Crippen LogP contribution in [-0.2, 0) is 16.1 Å². The molecular formula is C21H17N5O4. The van der Waals surface area contributed by atoms with E-state index in [1.807, 2.05) is 42.6 Å². The van der Waals surface area contributed by atoms with E-state index in [-0.39, 0.29) is 11.9 Å². The van der Waals surface area contributed by atoms with Crippen LogP contribution in [0.1, 0.15) is 15.9 Å². The summed E-state index contributed by atoms with van der Waals surface area (Å²) < 4.78 is 12.2. The van der Waals surface area contributed by atoms with Crippen LogP contribution in [0.15, 0.2) is 77.5 Å². The lowest BCUT2D eigenvalue weighted by Gasteiger charge is -2.06. The predicted molar refractivity (Wildman–Crippen MR) is 106 cm³/mol. The highest BCUT2D eigenvalue weighted by atomic mass is 16.5. The number of amides is 1. The van der Waals surface area contributed by atoms with Gasteiger partial charge in [0.1, 0.15) is 0 Å². The largest absolute Gasteiger partial charge is 0.452 e. The van der Waals surface area contributed by atoms with E-state index >= 15 is 0 Å². The van der Waals surface area contributed by atoms with Crippen LogP contribution in [-0.4, -0.2) is 38.5 Å². The van der Waals surface area contributed by atoms with Crippen LogP contribution in [0.2, 0.25) is 0 Å². The number of nitrogens with one attached hydrogen (secondary N) is 1. The summed E-state index contributed by atoms with van der Waals surface area (Å²) in [6.45, 7) is 0.122. The molecular weight excluding hydrogens is 386 g/mol. The van der Waals surface area contributed by atoms with Gasteiger partial charge < -0.3 is 9.15 Å². The number of nitrogens with zero attached hydrogens (tertiary/aromatic N) is 4. The van der Waals surface area contributed by atoms with Crippen molar-refractivity contribution < 1.29 is 18.7 Å². The molecule has 0 aliphatic rings. The van der Waals surface area contributed by atoms with Gasteiger partial charge in [-0.1, -0.05) is 35.4 Å². The number of hydrogen-bond donors (Lipinski definition) is 1. The van der Waals surface area contributed by atoms with E-state index in [2.05, 4.69) is 20.6 Å². The number of hydrogen-bond acceptors (Lipinski definition) is 7. The predicted octanol–water partition coefficient (Wildman–Crippen LogP) is 2.78. The third-order valence-electron chi connectivity index (χ3n) is 4.12. The third kappa shape index (κ3) is 4.76. The quantitative estimate of drug-likeness (QED) is 0.472. The number of carbonyl (C=O) groups is 2. The summed E-state index contributed by atoms with van der Waals surface area (Å²) in [4.78, 5) is 24.1. The minimum atomic E-state index is -0.605. The summed E-state index contributed by atoms with van der Waals surface area (Å²) in [5.74, 6) is -0.911. The SMILES string of the molecule is O=C(COC(=O)c1ccc(Cn2cccn2)cc1)Nc1nnc(-c2ccccc2)o1. The fourth-order valence-corrected chi connectivity index (χ4v) is 2.67. The van der Waals surface area contributed by atoms with E-state index < -0.39 is 18.5 Å². The molecule has 4 rings (SSSR count). The van der Waals surface area contributed by atoms with E-state index in [4.69, 9.17) is 9.15 Å². The lowest BCUT2D eigenvalue weighted by Crippen LogP contribution is -2.21. The topological polar surface area (TPSA) is 112 Å². The van der Waals surface area contributed by atoms with E-state index in [0.29, 0.717) is 12.1 Å². The number of carbonyl (C=O) groups excluding carboxylic acids is 2. The van der Waals surface area contributed by atoms with Crippen LogP contribution >= 0.6 is 0 Å². The average Bonchev–Trinajstić information content (AvgIpc) is 3.45. The molecule has 0 spiro atoms. The van der Waals surface area contributed by atoms with Gasteiger partial charge in [0.2, 0.25) is 5.89 Å². The highest BCUT2D eigenvalue weighted by Gasteiger charge is 2.14. The Labute approximate surface area is 171 Å². The highest BCUT2D eigenvalue weighted by molar-refractivity contribution is 5.94. The van der Waals surface area contributed by atoms with Crippen molar-refractivity contribution in [2.45, 2.75) is 6.54 Å². The Balaban J connectivity index is 1.27. The van der Waals surface area contributed by atoms with Crippen molar-refractivity contribution in [2.75, 3.05) is 11.9 Å². The Bertz CT molecular complexity index is 1120. The zero-order chi connectivity index (χ0) is 20.8. The minimum absolute atomic E-state index is 0.0714. The van der Waals surface area contributed by atoms with Crippen LogP contribution in [0.25, 0.3) is 11.5 Å². The number of rotatable bonds is 7. The molecule has 0 saturated carbocycles. The molecule has 0 radical (unpaired) electrons. The first-order valence-corrected chi connectivity index (χ1v) is 9.09. The highest BCUT2D eigenvalue weighted by Crippen LogP contribution is 2.19. The first kappa shape index (κ1) is 19.1. The van der Waals surface area contributed by atoms with Crippen LogP contribution in [0.5, 0.6) is 0 Å². The lowest BCUT2D eigenvalue weighted by atomic mass is 10.1. The van der Waals surface area contributed by atoms with Crippen molar-refractivity contribution in [1.29, 1.82) is 0 Å². The molecule has 9 nitrogen and oxygen atoms in total. The Kier molecular flexibility index (Phi) is 5.61. The average molecular weight is 403 g/mol. The molecule has 0 fully saturated rings. The fraction of sp³-hybridized carbons (Fsp3) is 0.0952. The summed E-state index contributed by atoms with van der Waals surface area (Å²) in [5.41, 5.74) is 2.06. The van der Waals surface area contributed by atoms with Gasteiger partial charge >= 0.3 is 12.0 Å². The molecule has 2 aromatic carbocycles. The molecule has 4 aromatic rings. The number of esters is 1. The van der Waals surface area contributed by atoms with Crippen molar-refractivity contribution in [3.63, 3.8) is 0 Å². The summed E-state index contributed by atoms with van der Waals surface area (Å²) in [7, 11) is 0. The van der Waals surface area contributed by atoms with Crippen LogP contribution in [0.4, 0.5) is 6.01 Å². The Morgan fingerprint density at radius 2 is 1.80 bits per heavy atom. The first-order valence-electron chi connectivity index (χ1n) is 9.09. The maximum absolute atomic E-state index is 12.1. The Morgan fingerprint density at radius 1 is 1.00 bits per heavy atom. The number of ether oxygens (including phenoxy) is 1. The maximum Gasteiger partial charge on any atom is 0.338 e. The molecule has 2 aromatic heterocycles. The number of aromatic nitrogens is 4. The zero-order valence-electron chi connectivity index (χ0n) is 15.8. The van der Waals surface area contributed by atoms with Crippen LogP contribution in [0.3, 0.4) is 0 Å². The van der Waals surface area contributed by atoms with Gasteiger partial charge in [-0.15, -0.1) is 5.10 Å². The molecule has 0 aliphatic carbocycles. The summed E-state index contributed by atoms with van der Waals surface area (Å²) in [6.07, 6.45) is 3.56. The maximum atomic E-state index is 12.1. The van der Waals surface area contributed by atoms with Crippen molar-refractivity contribution in [3.05, 3.63) is 84.2 Å². The van der Waals surface area contributed by atoms with Crippen molar-refractivity contribution in [2.24, 2.45) is 0 Å². The van der Waals surface area contributed by atoms with Crippen molar-refractivity contribution in [3.8, 4) is 11.5 Å². The van der Waals surface area contributed by atoms with E-state index in [1.54, 1.807) is 35.1 Å². The van der Waals surface area contributed by atoms with Gasteiger partial charge in [0, 0.05) is 18.0 Å². The molecule has 0 saturated heterocycles. The number of benzene rings is 2. The second-order valence-corrected chi connectivity index (χ2v) is 6.30. The normalized spacial score (nSPS) is 10.5.